The van der Waals surface area contributed by atoms with Gasteiger partial charge in [-0.05, 0) is 55.8 Å². The summed E-state index contributed by atoms with van der Waals surface area (Å²) >= 11 is 0. The summed E-state index contributed by atoms with van der Waals surface area (Å²) in [7, 11) is 0. The highest BCUT2D eigenvalue weighted by atomic mass is 14.6. The van der Waals surface area contributed by atoms with Crippen LogP contribution < -0.4 is 5.73 Å². The van der Waals surface area contributed by atoms with Crippen LogP contribution in [0.1, 0.15) is 59.8 Å². The van der Waals surface area contributed by atoms with Gasteiger partial charge in [0.25, 0.3) is 0 Å². The van der Waals surface area contributed by atoms with Gasteiger partial charge in [0.15, 0.2) is 0 Å². The molecular formula is C14H29N. The van der Waals surface area contributed by atoms with Gasteiger partial charge in [0.05, 0.1) is 0 Å². The zero-order chi connectivity index (χ0) is 11.4. The number of rotatable bonds is 4. The highest BCUT2D eigenvalue weighted by Gasteiger charge is 2.24. The predicted octanol–water partition coefficient (Wildman–Crippen LogP) is 3.82. The maximum absolute atomic E-state index is 6.10. The molecule has 0 radical (unpaired) electrons. The van der Waals surface area contributed by atoms with Gasteiger partial charge in [-0.2, -0.15) is 0 Å². The standard InChI is InChI=1S/C14H29N/c1-10(2)14(15)6-5-13-8-11(3)7-12(4)9-13/h10-14H,5-9,15H2,1-4H3. The Morgan fingerprint density at radius 3 is 2.07 bits per heavy atom. The first-order valence-electron chi connectivity index (χ1n) is 6.74. The molecule has 0 aromatic heterocycles. The second kappa shape index (κ2) is 5.89. The van der Waals surface area contributed by atoms with Crippen LogP contribution in [0.25, 0.3) is 0 Å². The lowest BCUT2D eigenvalue weighted by molar-refractivity contribution is 0.201. The minimum atomic E-state index is 0.414. The second-order valence-corrected chi connectivity index (χ2v) is 6.27. The van der Waals surface area contributed by atoms with Crippen LogP contribution in [0.3, 0.4) is 0 Å². The van der Waals surface area contributed by atoms with E-state index in [0.717, 1.165) is 17.8 Å². The lowest BCUT2D eigenvalue weighted by Gasteiger charge is -2.32. The van der Waals surface area contributed by atoms with Crippen molar-refractivity contribution in [2.24, 2.45) is 29.4 Å². The summed E-state index contributed by atoms with van der Waals surface area (Å²) in [6.07, 6.45) is 6.90. The summed E-state index contributed by atoms with van der Waals surface area (Å²) in [5, 5.41) is 0. The quantitative estimate of drug-likeness (QED) is 0.751. The molecule has 1 aliphatic rings. The molecule has 0 aromatic rings. The fourth-order valence-corrected chi connectivity index (χ4v) is 3.11. The zero-order valence-electron chi connectivity index (χ0n) is 11.0. The Morgan fingerprint density at radius 2 is 1.60 bits per heavy atom. The van der Waals surface area contributed by atoms with Gasteiger partial charge in [-0.3, -0.25) is 0 Å². The van der Waals surface area contributed by atoms with Crippen molar-refractivity contribution < 1.29 is 0 Å². The molecule has 0 bridgehead atoms. The predicted molar refractivity (Wildman–Crippen MR) is 67.7 cm³/mol. The molecule has 0 spiro atoms. The summed E-state index contributed by atoms with van der Waals surface area (Å²) in [4.78, 5) is 0. The largest absolute Gasteiger partial charge is 0.327 e. The van der Waals surface area contributed by atoms with Crippen molar-refractivity contribution in [3.63, 3.8) is 0 Å². The molecule has 3 unspecified atom stereocenters. The fraction of sp³-hybridized carbons (Fsp3) is 1.00. The minimum Gasteiger partial charge on any atom is -0.327 e. The van der Waals surface area contributed by atoms with Crippen molar-refractivity contribution in [2.45, 2.75) is 65.8 Å². The SMILES string of the molecule is CC1CC(C)CC(CCC(N)C(C)C)C1. The van der Waals surface area contributed by atoms with Gasteiger partial charge in [-0.15, -0.1) is 0 Å². The summed E-state index contributed by atoms with van der Waals surface area (Å²) < 4.78 is 0. The van der Waals surface area contributed by atoms with Crippen LogP contribution >= 0.6 is 0 Å². The zero-order valence-corrected chi connectivity index (χ0v) is 11.0. The van der Waals surface area contributed by atoms with Gasteiger partial charge in [0.1, 0.15) is 0 Å². The van der Waals surface area contributed by atoms with Crippen LogP contribution in [0.15, 0.2) is 0 Å². The maximum Gasteiger partial charge on any atom is 0.00619 e. The summed E-state index contributed by atoms with van der Waals surface area (Å²) in [6.45, 7) is 9.28. The maximum atomic E-state index is 6.10. The van der Waals surface area contributed by atoms with Gasteiger partial charge in [0, 0.05) is 6.04 Å². The molecule has 1 heteroatoms. The van der Waals surface area contributed by atoms with Gasteiger partial charge in [0.2, 0.25) is 0 Å². The fourth-order valence-electron chi connectivity index (χ4n) is 3.11. The molecule has 0 amide bonds. The van der Waals surface area contributed by atoms with E-state index in [9.17, 15) is 0 Å². The Balaban J connectivity index is 2.26. The van der Waals surface area contributed by atoms with E-state index in [2.05, 4.69) is 27.7 Å². The van der Waals surface area contributed by atoms with Crippen LogP contribution in [0.2, 0.25) is 0 Å². The molecule has 0 aliphatic heterocycles. The van der Waals surface area contributed by atoms with Crippen LogP contribution in [0.4, 0.5) is 0 Å². The molecule has 2 N–H and O–H groups in total. The van der Waals surface area contributed by atoms with Crippen molar-refractivity contribution in [2.75, 3.05) is 0 Å². The number of hydrogen-bond acceptors (Lipinski definition) is 1. The van der Waals surface area contributed by atoms with Gasteiger partial charge < -0.3 is 5.73 Å². The second-order valence-electron chi connectivity index (χ2n) is 6.27. The number of hydrogen-bond donors (Lipinski definition) is 1. The first-order chi connectivity index (χ1) is 6.99. The van der Waals surface area contributed by atoms with E-state index in [4.69, 9.17) is 5.73 Å². The van der Waals surface area contributed by atoms with Crippen molar-refractivity contribution in [1.29, 1.82) is 0 Å². The first-order valence-corrected chi connectivity index (χ1v) is 6.74. The Morgan fingerprint density at radius 1 is 1.07 bits per heavy atom. The smallest absolute Gasteiger partial charge is 0.00619 e. The van der Waals surface area contributed by atoms with E-state index >= 15 is 0 Å². The van der Waals surface area contributed by atoms with Crippen molar-refractivity contribution in [1.82, 2.24) is 0 Å². The highest BCUT2D eigenvalue weighted by Crippen LogP contribution is 2.35. The third kappa shape index (κ3) is 4.55. The number of nitrogens with two attached hydrogens (primary N) is 1. The van der Waals surface area contributed by atoms with Crippen molar-refractivity contribution in [3.05, 3.63) is 0 Å². The van der Waals surface area contributed by atoms with Gasteiger partial charge >= 0.3 is 0 Å². The molecule has 1 rings (SSSR count). The molecule has 15 heavy (non-hydrogen) atoms. The molecule has 0 heterocycles. The van der Waals surface area contributed by atoms with Crippen LogP contribution in [-0.4, -0.2) is 6.04 Å². The summed E-state index contributed by atoms with van der Waals surface area (Å²) in [5.41, 5.74) is 6.10. The van der Waals surface area contributed by atoms with Crippen molar-refractivity contribution in [3.8, 4) is 0 Å². The average Bonchev–Trinajstić information content (AvgIpc) is 2.12. The average molecular weight is 211 g/mol. The van der Waals surface area contributed by atoms with E-state index in [0.29, 0.717) is 12.0 Å². The molecule has 1 aliphatic carbocycles. The highest BCUT2D eigenvalue weighted by molar-refractivity contribution is 4.77. The minimum absolute atomic E-state index is 0.414. The Kier molecular flexibility index (Phi) is 5.11. The van der Waals surface area contributed by atoms with Crippen LogP contribution in [-0.2, 0) is 0 Å². The van der Waals surface area contributed by atoms with E-state index in [1.807, 2.05) is 0 Å². The lowest BCUT2D eigenvalue weighted by Crippen LogP contribution is -2.28. The Hall–Kier alpha value is -0.0400. The third-order valence-corrected chi connectivity index (χ3v) is 4.04. The lowest BCUT2D eigenvalue weighted by atomic mass is 9.74. The Bertz CT molecular complexity index is 166. The molecule has 0 saturated heterocycles. The third-order valence-electron chi connectivity index (χ3n) is 4.04. The van der Waals surface area contributed by atoms with E-state index in [-0.39, 0.29) is 0 Å². The molecule has 1 fully saturated rings. The normalized spacial score (nSPS) is 34.4. The van der Waals surface area contributed by atoms with Crippen molar-refractivity contribution >= 4 is 0 Å². The molecule has 3 atom stereocenters. The van der Waals surface area contributed by atoms with Crippen LogP contribution in [0, 0.1) is 23.7 Å². The molecular weight excluding hydrogens is 182 g/mol. The van der Waals surface area contributed by atoms with E-state index < -0.39 is 0 Å². The van der Waals surface area contributed by atoms with Crippen LogP contribution in [0.5, 0.6) is 0 Å². The summed E-state index contributed by atoms with van der Waals surface area (Å²) in [6, 6.07) is 0.414. The van der Waals surface area contributed by atoms with Gasteiger partial charge in [-0.25, -0.2) is 0 Å². The van der Waals surface area contributed by atoms with E-state index in [1.54, 1.807) is 0 Å². The molecule has 90 valence electrons. The molecule has 1 saturated carbocycles. The molecule has 0 aromatic carbocycles. The monoisotopic (exact) mass is 211 g/mol. The summed E-state index contributed by atoms with van der Waals surface area (Å²) in [5.74, 6) is 3.47. The Labute approximate surface area is 95.8 Å². The molecule has 1 nitrogen and oxygen atoms in total. The van der Waals surface area contributed by atoms with Gasteiger partial charge in [-0.1, -0.05) is 27.7 Å². The van der Waals surface area contributed by atoms with E-state index in [1.165, 1.54) is 32.1 Å². The first kappa shape index (κ1) is 13.0. The topological polar surface area (TPSA) is 26.0 Å².